The lowest BCUT2D eigenvalue weighted by atomic mass is 10.1. The number of nitrogens with one attached hydrogen (secondary N) is 1. The molecule has 0 saturated carbocycles. The summed E-state index contributed by atoms with van der Waals surface area (Å²) in [4.78, 5) is 27.4. The van der Waals surface area contributed by atoms with E-state index in [-0.39, 0.29) is 18.1 Å². The van der Waals surface area contributed by atoms with E-state index in [9.17, 15) is 18.0 Å². The van der Waals surface area contributed by atoms with Gasteiger partial charge in [0, 0.05) is 13.6 Å². The normalized spacial score (nSPS) is 12.0. The van der Waals surface area contributed by atoms with Crippen molar-refractivity contribution in [1.82, 2.24) is 10.2 Å². The maximum absolute atomic E-state index is 13.5. The Kier molecular flexibility index (Phi) is 9.07. The first kappa shape index (κ1) is 25.2. The van der Waals surface area contributed by atoms with Crippen LogP contribution >= 0.6 is 0 Å². The molecule has 1 N–H and O–H groups in total. The van der Waals surface area contributed by atoms with Crippen LogP contribution in [0.25, 0.3) is 0 Å². The Morgan fingerprint density at radius 1 is 1.03 bits per heavy atom. The van der Waals surface area contributed by atoms with Gasteiger partial charge in [0.25, 0.3) is 0 Å². The van der Waals surface area contributed by atoms with Crippen molar-refractivity contribution in [2.24, 2.45) is 0 Å². The summed E-state index contributed by atoms with van der Waals surface area (Å²) in [6.45, 7) is 3.67. The predicted molar refractivity (Wildman–Crippen MR) is 125 cm³/mol. The minimum Gasteiger partial charge on any atom is -0.492 e. The maximum Gasteiger partial charge on any atom is 0.244 e. The number of sulfonamides is 1. The monoisotopic (exact) mass is 461 g/mol. The van der Waals surface area contributed by atoms with Gasteiger partial charge in [-0.3, -0.25) is 13.9 Å². The predicted octanol–water partition coefficient (Wildman–Crippen LogP) is 2.40. The van der Waals surface area contributed by atoms with E-state index in [4.69, 9.17) is 4.74 Å². The van der Waals surface area contributed by atoms with Crippen LogP contribution in [0.1, 0.15) is 25.8 Å². The van der Waals surface area contributed by atoms with Gasteiger partial charge in [-0.05, 0) is 31.0 Å². The summed E-state index contributed by atoms with van der Waals surface area (Å²) < 4.78 is 31.9. The molecule has 174 valence electrons. The highest BCUT2D eigenvalue weighted by Gasteiger charge is 2.32. The molecule has 0 aliphatic heterocycles. The standard InChI is InChI=1S/C23H31N3O5S/c1-5-19(23(28)24-3)25(16-18-12-8-7-9-13-18)22(27)17-26(32(4,29)30)20-14-10-11-15-21(20)31-6-2/h7-15,19H,5-6,16-17H2,1-4H3,(H,24,28)/t19-/m1/s1. The van der Waals surface area contributed by atoms with Crippen LogP contribution in [0.5, 0.6) is 5.75 Å². The molecule has 2 aromatic rings. The molecule has 0 radical (unpaired) electrons. The summed E-state index contributed by atoms with van der Waals surface area (Å²) in [6, 6.07) is 15.2. The van der Waals surface area contributed by atoms with E-state index in [0.717, 1.165) is 16.1 Å². The molecule has 2 rings (SSSR count). The zero-order valence-corrected chi connectivity index (χ0v) is 19.8. The van der Waals surface area contributed by atoms with Gasteiger partial charge in [0.1, 0.15) is 18.3 Å². The molecule has 0 unspecified atom stereocenters. The first-order valence-corrected chi connectivity index (χ1v) is 12.3. The van der Waals surface area contributed by atoms with Gasteiger partial charge >= 0.3 is 0 Å². The number of hydrogen-bond donors (Lipinski definition) is 1. The molecule has 0 aromatic heterocycles. The molecule has 0 aliphatic rings. The van der Waals surface area contributed by atoms with Crippen molar-refractivity contribution in [2.45, 2.75) is 32.9 Å². The fraction of sp³-hybridized carbons (Fsp3) is 0.391. The average molecular weight is 462 g/mol. The number of ether oxygens (including phenoxy) is 1. The van der Waals surface area contributed by atoms with Gasteiger partial charge in [0.05, 0.1) is 18.6 Å². The number of likely N-dealkylation sites (N-methyl/N-ethyl adjacent to an activating group) is 1. The Balaban J connectivity index is 2.45. The number of rotatable bonds is 11. The fourth-order valence-electron chi connectivity index (χ4n) is 3.40. The van der Waals surface area contributed by atoms with Crippen molar-refractivity contribution in [3.8, 4) is 5.75 Å². The quantitative estimate of drug-likeness (QED) is 0.554. The van der Waals surface area contributed by atoms with Crippen molar-refractivity contribution in [3.05, 3.63) is 60.2 Å². The van der Waals surface area contributed by atoms with Crippen LogP contribution in [-0.4, -0.2) is 57.6 Å². The molecule has 9 heteroatoms. The van der Waals surface area contributed by atoms with E-state index in [2.05, 4.69) is 5.32 Å². The van der Waals surface area contributed by atoms with E-state index >= 15 is 0 Å². The molecule has 0 saturated heterocycles. The minimum atomic E-state index is -3.81. The van der Waals surface area contributed by atoms with Crippen LogP contribution < -0.4 is 14.4 Å². The summed E-state index contributed by atoms with van der Waals surface area (Å²) in [5.41, 5.74) is 1.11. The molecule has 2 aromatic carbocycles. The highest BCUT2D eigenvalue weighted by atomic mass is 32.2. The van der Waals surface area contributed by atoms with Gasteiger partial charge in [0.15, 0.2) is 0 Å². The molecule has 2 amide bonds. The second kappa shape index (κ2) is 11.5. The SMILES string of the molecule is CCOc1ccccc1N(CC(=O)N(Cc1ccccc1)[C@H](CC)C(=O)NC)S(C)(=O)=O. The number of nitrogens with zero attached hydrogens (tertiary/aromatic N) is 2. The summed E-state index contributed by atoms with van der Waals surface area (Å²) in [5, 5.41) is 2.59. The van der Waals surface area contributed by atoms with Crippen LogP contribution in [0.3, 0.4) is 0 Å². The topological polar surface area (TPSA) is 96.0 Å². The van der Waals surface area contributed by atoms with Crippen molar-refractivity contribution in [1.29, 1.82) is 0 Å². The van der Waals surface area contributed by atoms with Crippen molar-refractivity contribution < 1.29 is 22.7 Å². The minimum absolute atomic E-state index is 0.177. The first-order valence-electron chi connectivity index (χ1n) is 10.5. The van der Waals surface area contributed by atoms with Crippen LogP contribution in [0.15, 0.2) is 54.6 Å². The van der Waals surface area contributed by atoms with Gasteiger partial charge in [-0.25, -0.2) is 8.42 Å². The summed E-state index contributed by atoms with van der Waals surface area (Å²) in [6.07, 6.45) is 1.42. The molecule has 32 heavy (non-hydrogen) atoms. The molecule has 0 bridgehead atoms. The van der Waals surface area contributed by atoms with Gasteiger partial charge in [-0.1, -0.05) is 49.4 Å². The molecule has 0 fully saturated rings. The summed E-state index contributed by atoms with van der Waals surface area (Å²) in [7, 11) is -2.30. The number of amides is 2. The Labute approximate surface area is 190 Å². The lowest BCUT2D eigenvalue weighted by Crippen LogP contribution is -2.51. The lowest BCUT2D eigenvalue weighted by molar-refractivity contribution is -0.140. The number of anilines is 1. The molecule has 1 atom stereocenters. The van der Waals surface area contributed by atoms with Crippen LogP contribution in [0.2, 0.25) is 0 Å². The van der Waals surface area contributed by atoms with Gasteiger partial charge < -0.3 is 15.0 Å². The fourth-order valence-corrected chi connectivity index (χ4v) is 4.25. The van der Waals surface area contributed by atoms with Crippen molar-refractivity contribution in [3.63, 3.8) is 0 Å². The molecular weight excluding hydrogens is 430 g/mol. The number of hydrogen-bond acceptors (Lipinski definition) is 5. The summed E-state index contributed by atoms with van der Waals surface area (Å²) >= 11 is 0. The van der Waals surface area contributed by atoms with Gasteiger partial charge in [0.2, 0.25) is 21.8 Å². The first-order chi connectivity index (χ1) is 15.2. The van der Waals surface area contributed by atoms with E-state index in [0.29, 0.717) is 18.8 Å². The lowest BCUT2D eigenvalue weighted by Gasteiger charge is -2.32. The Hall–Kier alpha value is -3.07. The third-order valence-corrected chi connectivity index (χ3v) is 6.07. The Morgan fingerprint density at radius 2 is 1.66 bits per heavy atom. The average Bonchev–Trinajstić information content (AvgIpc) is 2.77. The van der Waals surface area contributed by atoms with Crippen LogP contribution in [-0.2, 0) is 26.2 Å². The van der Waals surface area contributed by atoms with E-state index in [1.165, 1.54) is 11.9 Å². The number of benzene rings is 2. The second-order valence-corrected chi connectivity index (χ2v) is 9.12. The van der Waals surface area contributed by atoms with E-state index < -0.39 is 28.5 Å². The third-order valence-electron chi connectivity index (χ3n) is 4.94. The highest BCUT2D eigenvalue weighted by Crippen LogP contribution is 2.30. The van der Waals surface area contributed by atoms with Crippen molar-refractivity contribution >= 4 is 27.5 Å². The van der Waals surface area contributed by atoms with Crippen LogP contribution in [0, 0.1) is 0 Å². The molecule has 0 heterocycles. The molecular formula is C23H31N3O5S. The number of carbonyl (C=O) groups is 2. The largest absolute Gasteiger partial charge is 0.492 e. The van der Waals surface area contributed by atoms with Gasteiger partial charge in [-0.2, -0.15) is 0 Å². The molecule has 8 nitrogen and oxygen atoms in total. The Bertz CT molecular complexity index is 1010. The Morgan fingerprint density at radius 3 is 2.22 bits per heavy atom. The van der Waals surface area contributed by atoms with E-state index in [1.54, 1.807) is 31.2 Å². The van der Waals surface area contributed by atoms with E-state index in [1.807, 2.05) is 37.3 Å². The smallest absolute Gasteiger partial charge is 0.244 e. The summed E-state index contributed by atoms with van der Waals surface area (Å²) in [5.74, 6) is -0.431. The van der Waals surface area contributed by atoms with Crippen molar-refractivity contribution in [2.75, 3.05) is 30.8 Å². The van der Waals surface area contributed by atoms with Crippen LogP contribution in [0.4, 0.5) is 5.69 Å². The van der Waals surface area contributed by atoms with Gasteiger partial charge in [-0.15, -0.1) is 0 Å². The zero-order valence-electron chi connectivity index (χ0n) is 18.9. The zero-order chi connectivity index (χ0) is 23.7. The number of para-hydroxylation sites is 2. The maximum atomic E-state index is 13.5. The highest BCUT2D eigenvalue weighted by molar-refractivity contribution is 7.92. The number of carbonyl (C=O) groups excluding carboxylic acids is 2. The molecule has 0 spiro atoms. The third kappa shape index (κ3) is 6.46. The second-order valence-electron chi connectivity index (χ2n) is 7.22. The molecule has 0 aliphatic carbocycles.